The predicted octanol–water partition coefficient (Wildman–Crippen LogP) is 2.86. The smallest absolute Gasteiger partial charge is 0.186 e. The first-order chi connectivity index (χ1) is 8.24. The molecule has 0 amide bonds. The van der Waals surface area contributed by atoms with Crippen molar-refractivity contribution in [3.63, 3.8) is 0 Å². The summed E-state index contributed by atoms with van der Waals surface area (Å²) in [7, 11) is 0. The Hall–Kier alpha value is -1.75. The highest BCUT2D eigenvalue weighted by atomic mass is 79.9. The lowest BCUT2D eigenvalue weighted by atomic mass is 10.1. The van der Waals surface area contributed by atoms with Gasteiger partial charge in [-0.15, -0.1) is 10.2 Å². The van der Waals surface area contributed by atoms with Gasteiger partial charge in [0.05, 0.1) is 5.69 Å². The van der Waals surface area contributed by atoms with Gasteiger partial charge in [-0.25, -0.2) is 0 Å². The molecular formula is C12H9BrN4. The molecule has 0 saturated heterocycles. The van der Waals surface area contributed by atoms with Crippen LogP contribution in [0, 0.1) is 6.92 Å². The lowest BCUT2D eigenvalue weighted by Crippen LogP contribution is -1.94. The molecule has 2 aromatic heterocycles. The Balaban J connectivity index is 2.17. The monoisotopic (exact) mass is 288 g/mol. The topological polar surface area (TPSA) is 43.1 Å². The van der Waals surface area contributed by atoms with Gasteiger partial charge in [-0.05, 0) is 35.0 Å². The lowest BCUT2D eigenvalue weighted by Gasteiger charge is -2.01. The molecule has 0 atom stereocenters. The quantitative estimate of drug-likeness (QED) is 0.692. The van der Waals surface area contributed by atoms with Crippen LogP contribution in [0.1, 0.15) is 5.56 Å². The van der Waals surface area contributed by atoms with Crippen LogP contribution in [0.5, 0.6) is 0 Å². The summed E-state index contributed by atoms with van der Waals surface area (Å²) in [6, 6.07) is 12.1. The second kappa shape index (κ2) is 3.92. The molecule has 3 rings (SSSR count). The van der Waals surface area contributed by atoms with Gasteiger partial charge in [0.15, 0.2) is 5.65 Å². The van der Waals surface area contributed by atoms with E-state index in [2.05, 4.69) is 62.4 Å². The van der Waals surface area contributed by atoms with Crippen molar-refractivity contribution in [1.29, 1.82) is 0 Å². The van der Waals surface area contributed by atoms with Crippen LogP contribution in [-0.4, -0.2) is 19.8 Å². The number of hydrogen-bond donors (Lipinski definition) is 0. The Morgan fingerprint density at radius 3 is 2.53 bits per heavy atom. The van der Waals surface area contributed by atoms with Crippen LogP contribution in [0.25, 0.3) is 16.9 Å². The van der Waals surface area contributed by atoms with Crippen LogP contribution in [0.2, 0.25) is 0 Å². The first-order valence-electron chi connectivity index (χ1n) is 5.19. The molecule has 0 saturated carbocycles. The van der Waals surface area contributed by atoms with Gasteiger partial charge in [0.1, 0.15) is 0 Å². The molecule has 4 nitrogen and oxygen atoms in total. The van der Waals surface area contributed by atoms with Gasteiger partial charge in [-0.3, -0.25) is 0 Å². The number of aryl methyl sites for hydroxylation is 1. The summed E-state index contributed by atoms with van der Waals surface area (Å²) < 4.78 is 2.29. The molecule has 84 valence electrons. The Kier molecular flexibility index (Phi) is 2.40. The minimum absolute atomic E-state index is 0.612. The lowest BCUT2D eigenvalue weighted by molar-refractivity contribution is 0.903. The third-order valence-electron chi connectivity index (χ3n) is 2.57. The molecule has 5 heteroatoms. The van der Waals surface area contributed by atoms with E-state index >= 15 is 0 Å². The third-order valence-corrected chi connectivity index (χ3v) is 3.07. The largest absolute Gasteiger partial charge is 0.221 e. The van der Waals surface area contributed by atoms with Crippen LogP contribution in [0.3, 0.4) is 0 Å². The molecule has 0 aliphatic carbocycles. The third kappa shape index (κ3) is 1.82. The fourth-order valence-corrected chi connectivity index (χ4v) is 1.98. The van der Waals surface area contributed by atoms with Crippen molar-refractivity contribution in [1.82, 2.24) is 19.8 Å². The second-order valence-electron chi connectivity index (χ2n) is 3.82. The van der Waals surface area contributed by atoms with E-state index in [0.29, 0.717) is 4.73 Å². The molecule has 0 unspecified atom stereocenters. The summed E-state index contributed by atoms with van der Waals surface area (Å²) in [6.45, 7) is 2.07. The van der Waals surface area contributed by atoms with Crippen LogP contribution in [0.4, 0.5) is 0 Å². The van der Waals surface area contributed by atoms with Crippen molar-refractivity contribution < 1.29 is 0 Å². The number of halogens is 1. The Morgan fingerprint density at radius 2 is 1.76 bits per heavy atom. The highest BCUT2D eigenvalue weighted by Gasteiger charge is 2.05. The van der Waals surface area contributed by atoms with Crippen LogP contribution in [-0.2, 0) is 0 Å². The summed E-state index contributed by atoms with van der Waals surface area (Å²) in [5.74, 6) is 0. The second-order valence-corrected chi connectivity index (χ2v) is 4.53. The zero-order valence-electron chi connectivity index (χ0n) is 9.13. The number of aromatic nitrogens is 4. The average Bonchev–Trinajstić information content (AvgIpc) is 2.72. The number of rotatable bonds is 1. The minimum Gasteiger partial charge on any atom is -0.186 e. The normalized spacial score (nSPS) is 10.9. The van der Waals surface area contributed by atoms with E-state index in [1.54, 1.807) is 4.52 Å². The Morgan fingerprint density at radius 1 is 1.00 bits per heavy atom. The maximum absolute atomic E-state index is 4.48. The summed E-state index contributed by atoms with van der Waals surface area (Å²) in [4.78, 5) is 0. The Labute approximate surface area is 106 Å². The molecule has 2 heterocycles. The maximum atomic E-state index is 4.48. The van der Waals surface area contributed by atoms with Gasteiger partial charge in [0.2, 0.25) is 4.73 Å². The van der Waals surface area contributed by atoms with Crippen molar-refractivity contribution in [2.45, 2.75) is 6.92 Å². The molecule has 0 N–H and O–H groups in total. The van der Waals surface area contributed by atoms with Crippen molar-refractivity contribution >= 4 is 21.6 Å². The first-order valence-corrected chi connectivity index (χ1v) is 5.98. The molecule has 17 heavy (non-hydrogen) atoms. The SMILES string of the molecule is Cc1ccc(-c2ccc3nnc(Br)n3n2)cc1. The van der Waals surface area contributed by atoms with E-state index < -0.39 is 0 Å². The molecule has 0 radical (unpaired) electrons. The van der Waals surface area contributed by atoms with E-state index in [4.69, 9.17) is 0 Å². The zero-order chi connectivity index (χ0) is 11.8. The number of nitrogens with zero attached hydrogens (tertiary/aromatic N) is 4. The molecular weight excluding hydrogens is 280 g/mol. The van der Waals surface area contributed by atoms with Gasteiger partial charge in [-0.2, -0.15) is 9.61 Å². The summed E-state index contributed by atoms with van der Waals surface area (Å²) in [5.41, 5.74) is 3.95. The molecule has 0 bridgehead atoms. The van der Waals surface area contributed by atoms with Crippen molar-refractivity contribution in [2.75, 3.05) is 0 Å². The number of hydrogen-bond acceptors (Lipinski definition) is 3. The van der Waals surface area contributed by atoms with E-state index in [1.165, 1.54) is 5.56 Å². The van der Waals surface area contributed by atoms with Crippen LogP contribution >= 0.6 is 15.9 Å². The molecule has 0 fully saturated rings. The van der Waals surface area contributed by atoms with E-state index in [0.717, 1.165) is 16.9 Å². The minimum atomic E-state index is 0.612. The van der Waals surface area contributed by atoms with Gasteiger partial charge in [-0.1, -0.05) is 29.8 Å². The molecule has 0 aliphatic rings. The molecule has 0 aliphatic heterocycles. The molecule has 1 aromatic carbocycles. The predicted molar refractivity (Wildman–Crippen MR) is 68.7 cm³/mol. The number of benzene rings is 1. The fourth-order valence-electron chi connectivity index (χ4n) is 1.64. The highest BCUT2D eigenvalue weighted by molar-refractivity contribution is 9.10. The van der Waals surface area contributed by atoms with Crippen LogP contribution in [0.15, 0.2) is 41.1 Å². The van der Waals surface area contributed by atoms with E-state index in [9.17, 15) is 0 Å². The first kappa shape index (κ1) is 10.4. The average molecular weight is 289 g/mol. The van der Waals surface area contributed by atoms with Gasteiger partial charge in [0, 0.05) is 5.56 Å². The van der Waals surface area contributed by atoms with Gasteiger partial charge >= 0.3 is 0 Å². The fraction of sp³-hybridized carbons (Fsp3) is 0.0833. The zero-order valence-corrected chi connectivity index (χ0v) is 10.7. The van der Waals surface area contributed by atoms with Crippen molar-refractivity contribution in [2.24, 2.45) is 0 Å². The molecule has 0 spiro atoms. The summed E-state index contributed by atoms with van der Waals surface area (Å²) in [6.07, 6.45) is 0. The summed E-state index contributed by atoms with van der Waals surface area (Å²) in [5, 5.41) is 12.4. The van der Waals surface area contributed by atoms with Gasteiger partial charge < -0.3 is 0 Å². The maximum Gasteiger partial charge on any atom is 0.221 e. The standard InChI is InChI=1S/C12H9BrN4/c1-8-2-4-9(5-3-8)10-6-7-11-14-15-12(13)17(11)16-10/h2-7H,1H3. The van der Waals surface area contributed by atoms with Crippen molar-refractivity contribution in [3.05, 3.63) is 46.7 Å². The highest BCUT2D eigenvalue weighted by Crippen LogP contribution is 2.18. The Bertz CT molecular complexity index is 673. The van der Waals surface area contributed by atoms with Gasteiger partial charge in [0.25, 0.3) is 0 Å². The summed E-state index contributed by atoms with van der Waals surface area (Å²) >= 11 is 3.31. The van der Waals surface area contributed by atoms with E-state index in [1.807, 2.05) is 12.1 Å². The van der Waals surface area contributed by atoms with E-state index in [-0.39, 0.29) is 0 Å². The van der Waals surface area contributed by atoms with Crippen molar-refractivity contribution in [3.8, 4) is 11.3 Å². The number of fused-ring (bicyclic) bond motifs is 1. The molecule has 3 aromatic rings. The van der Waals surface area contributed by atoms with Crippen LogP contribution < -0.4 is 0 Å².